The normalized spacial score (nSPS) is 10.9. The number of ether oxygens (including phenoxy) is 1. The van der Waals surface area contributed by atoms with Crippen molar-refractivity contribution in [3.8, 4) is 5.75 Å². The van der Waals surface area contributed by atoms with Gasteiger partial charge < -0.3 is 4.74 Å². The van der Waals surface area contributed by atoms with Crippen LogP contribution in [0.3, 0.4) is 0 Å². The van der Waals surface area contributed by atoms with Crippen LogP contribution in [-0.4, -0.2) is 16.2 Å². The van der Waals surface area contributed by atoms with E-state index in [9.17, 15) is 4.79 Å². The first-order chi connectivity index (χ1) is 11.1. The predicted octanol–water partition coefficient (Wildman–Crippen LogP) is 3.48. The maximum Gasteiger partial charge on any atom is 0.261 e. The fraction of sp³-hybridized carbons (Fsp3) is 0.263. The van der Waals surface area contributed by atoms with Crippen LogP contribution in [0.5, 0.6) is 5.75 Å². The lowest BCUT2D eigenvalue weighted by molar-refractivity contribution is 0.300. The Morgan fingerprint density at radius 1 is 1.09 bits per heavy atom. The molecule has 0 saturated heterocycles. The summed E-state index contributed by atoms with van der Waals surface area (Å²) in [6.07, 6.45) is 2.37. The maximum absolute atomic E-state index is 12.4. The van der Waals surface area contributed by atoms with Gasteiger partial charge in [-0.2, -0.15) is 0 Å². The third-order valence-electron chi connectivity index (χ3n) is 3.74. The first-order valence-electron chi connectivity index (χ1n) is 7.79. The Morgan fingerprint density at radius 2 is 1.83 bits per heavy atom. The summed E-state index contributed by atoms with van der Waals surface area (Å²) in [6, 6.07) is 13.6. The van der Waals surface area contributed by atoms with Gasteiger partial charge in [0.1, 0.15) is 5.75 Å². The average molecular weight is 308 g/mol. The van der Waals surface area contributed by atoms with Crippen molar-refractivity contribution in [1.82, 2.24) is 9.55 Å². The highest BCUT2D eigenvalue weighted by Crippen LogP contribution is 2.16. The molecule has 0 aliphatic rings. The van der Waals surface area contributed by atoms with E-state index in [-0.39, 0.29) is 5.56 Å². The second-order valence-corrected chi connectivity index (χ2v) is 5.79. The molecule has 4 nitrogen and oxygen atoms in total. The van der Waals surface area contributed by atoms with Gasteiger partial charge in [-0.15, -0.1) is 0 Å². The van der Waals surface area contributed by atoms with Gasteiger partial charge in [0, 0.05) is 6.54 Å². The topological polar surface area (TPSA) is 44.1 Å². The predicted molar refractivity (Wildman–Crippen MR) is 92.0 cm³/mol. The Labute approximate surface area is 135 Å². The molecule has 0 bridgehead atoms. The fourth-order valence-corrected chi connectivity index (χ4v) is 2.71. The summed E-state index contributed by atoms with van der Waals surface area (Å²) in [5.41, 5.74) is 3.12. The molecule has 0 unspecified atom stereocenters. The molecule has 4 heteroatoms. The molecule has 0 spiro atoms. The Morgan fingerprint density at radius 3 is 2.61 bits per heavy atom. The molecule has 0 amide bonds. The molecule has 0 aliphatic heterocycles. The fourth-order valence-electron chi connectivity index (χ4n) is 2.71. The largest absolute Gasteiger partial charge is 0.494 e. The van der Waals surface area contributed by atoms with E-state index in [0.717, 1.165) is 17.7 Å². The van der Waals surface area contributed by atoms with Gasteiger partial charge in [0.15, 0.2) is 0 Å². The number of aryl methyl sites for hydroxylation is 3. The van der Waals surface area contributed by atoms with Crippen molar-refractivity contribution < 1.29 is 4.74 Å². The highest BCUT2D eigenvalue weighted by atomic mass is 16.5. The molecule has 0 atom stereocenters. The SMILES string of the molecule is Cc1cc(C)cc(OCCCn2cnc3ccccc3c2=O)c1. The average Bonchev–Trinajstić information content (AvgIpc) is 2.53. The van der Waals surface area contributed by atoms with Crippen LogP contribution in [-0.2, 0) is 6.54 Å². The summed E-state index contributed by atoms with van der Waals surface area (Å²) in [5.74, 6) is 0.881. The Bertz CT molecular complexity index is 864. The van der Waals surface area contributed by atoms with Gasteiger partial charge >= 0.3 is 0 Å². The van der Waals surface area contributed by atoms with E-state index in [4.69, 9.17) is 4.74 Å². The molecule has 23 heavy (non-hydrogen) atoms. The number of benzene rings is 2. The van der Waals surface area contributed by atoms with E-state index >= 15 is 0 Å². The van der Waals surface area contributed by atoms with Gasteiger partial charge in [-0.1, -0.05) is 18.2 Å². The summed E-state index contributed by atoms with van der Waals surface area (Å²) in [4.78, 5) is 16.7. The molecule has 2 aromatic carbocycles. The van der Waals surface area contributed by atoms with Crippen molar-refractivity contribution in [3.05, 3.63) is 70.3 Å². The molecule has 0 saturated carbocycles. The number of para-hydroxylation sites is 1. The lowest BCUT2D eigenvalue weighted by atomic mass is 10.1. The molecular weight excluding hydrogens is 288 g/mol. The summed E-state index contributed by atoms with van der Waals surface area (Å²) < 4.78 is 7.43. The van der Waals surface area contributed by atoms with Gasteiger partial charge in [0.05, 0.1) is 23.8 Å². The molecule has 1 heterocycles. The van der Waals surface area contributed by atoms with Crippen LogP contribution in [0.4, 0.5) is 0 Å². The third kappa shape index (κ3) is 3.59. The molecule has 0 N–H and O–H groups in total. The number of nitrogens with zero attached hydrogens (tertiary/aromatic N) is 2. The van der Waals surface area contributed by atoms with Crippen molar-refractivity contribution in [2.75, 3.05) is 6.61 Å². The molecule has 0 radical (unpaired) electrons. The molecule has 0 fully saturated rings. The maximum atomic E-state index is 12.4. The standard InChI is InChI=1S/C19H20N2O2/c1-14-10-15(2)12-16(11-14)23-9-5-8-21-13-20-18-7-4-3-6-17(18)19(21)22/h3-4,6-7,10-13H,5,8-9H2,1-2H3. The van der Waals surface area contributed by atoms with Crippen molar-refractivity contribution >= 4 is 10.9 Å². The zero-order valence-electron chi connectivity index (χ0n) is 13.5. The van der Waals surface area contributed by atoms with Gasteiger partial charge in [0.2, 0.25) is 0 Å². The summed E-state index contributed by atoms with van der Waals surface area (Å²) >= 11 is 0. The number of hydrogen-bond acceptors (Lipinski definition) is 3. The van der Waals surface area contributed by atoms with Crippen LogP contribution in [0.25, 0.3) is 10.9 Å². The van der Waals surface area contributed by atoms with Crippen molar-refractivity contribution in [2.24, 2.45) is 0 Å². The van der Waals surface area contributed by atoms with Crippen molar-refractivity contribution in [3.63, 3.8) is 0 Å². The first kappa shape index (κ1) is 15.3. The number of fused-ring (bicyclic) bond motifs is 1. The third-order valence-corrected chi connectivity index (χ3v) is 3.74. The molecular formula is C19H20N2O2. The smallest absolute Gasteiger partial charge is 0.261 e. The Kier molecular flexibility index (Phi) is 4.42. The minimum Gasteiger partial charge on any atom is -0.494 e. The first-order valence-corrected chi connectivity index (χ1v) is 7.79. The minimum atomic E-state index is 0.00185. The quantitative estimate of drug-likeness (QED) is 0.678. The molecule has 3 rings (SSSR count). The van der Waals surface area contributed by atoms with Crippen LogP contribution in [0.1, 0.15) is 17.5 Å². The Hall–Kier alpha value is -2.62. The van der Waals surface area contributed by atoms with Crippen molar-refractivity contribution in [2.45, 2.75) is 26.8 Å². The van der Waals surface area contributed by atoms with E-state index in [0.29, 0.717) is 18.5 Å². The molecule has 0 aliphatic carbocycles. The monoisotopic (exact) mass is 308 g/mol. The van der Waals surface area contributed by atoms with E-state index in [1.54, 1.807) is 10.9 Å². The van der Waals surface area contributed by atoms with E-state index in [1.165, 1.54) is 11.1 Å². The highest BCUT2D eigenvalue weighted by molar-refractivity contribution is 5.76. The van der Waals surface area contributed by atoms with Gasteiger partial charge in [-0.3, -0.25) is 9.36 Å². The van der Waals surface area contributed by atoms with Crippen LogP contribution < -0.4 is 10.3 Å². The number of rotatable bonds is 5. The zero-order valence-corrected chi connectivity index (χ0v) is 13.5. The summed E-state index contributed by atoms with van der Waals surface area (Å²) in [5, 5.41) is 0.658. The summed E-state index contributed by atoms with van der Waals surface area (Å²) in [7, 11) is 0. The second-order valence-electron chi connectivity index (χ2n) is 5.79. The molecule has 1 aromatic heterocycles. The zero-order chi connectivity index (χ0) is 16.2. The van der Waals surface area contributed by atoms with Gasteiger partial charge in [0.25, 0.3) is 5.56 Å². The number of hydrogen-bond donors (Lipinski definition) is 0. The second kappa shape index (κ2) is 6.65. The van der Waals surface area contributed by atoms with Crippen LogP contribution in [0.2, 0.25) is 0 Å². The van der Waals surface area contributed by atoms with Gasteiger partial charge in [-0.25, -0.2) is 4.98 Å². The minimum absolute atomic E-state index is 0.00185. The summed E-state index contributed by atoms with van der Waals surface area (Å²) in [6.45, 7) is 5.28. The Balaban J connectivity index is 1.63. The van der Waals surface area contributed by atoms with E-state index in [2.05, 4.69) is 24.9 Å². The van der Waals surface area contributed by atoms with Gasteiger partial charge in [-0.05, 0) is 55.7 Å². The molecule has 118 valence electrons. The highest BCUT2D eigenvalue weighted by Gasteiger charge is 2.03. The lowest BCUT2D eigenvalue weighted by Crippen LogP contribution is -2.21. The number of aromatic nitrogens is 2. The van der Waals surface area contributed by atoms with E-state index in [1.807, 2.05) is 36.4 Å². The van der Waals surface area contributed by atoms with Crippen LogP contribution >= 0.6 is 0 Å². The molecule has 3 aromatic rings. The van der Waals surface area contributed by atoms with E-state index < -0.39 is 0 Å². The van der Waals surface area contributed by atoms with Crippen molar-refractivity contribution in [1.29, 1.82) is 0 Å². The van der Waals surface area contributed by atoms with Crippen LogP contribution in [0, 0.1) is 13.8 Å². The lowest BCUT2D eigenvalue weighted by Gasteiger charge is -2.09. The van der Waals surface area contributed by atoms with Crippen LogP contribution in [0.15, 0.2) is 53.6 Å².